The van der Waals surface area contributed by atoms with Gasteiger partial charge in [-0.25, -0.2) is 4.79 Å². The Hall–Kier alpha value is -1.32. The molecule has 96 valence electrons. The van der Waals surface area contributed by atoms with Crippen LogP contribution in [0.4, 0.5) is 0 Å². The fraction of sp³-hybridized carbons (Fsp3) is 0.692. The van der Waals surface area contributed by atoms with Crippen molar-refractivity contribution in [3.05, 3.63) is 32.6 Å². The van der Waals surface area contributed by atoms with Crippen LogP contribution >= 0.6 is 0 Å². The van der Waals surface area contributed by atoms with E-state index in [9.17, 15) is 9.59 Å². The molecule has 17 heavy (non-hydrogen) atoms. The third kappa shape index (κ3) is 2.51. The van der Waals surface area contributed by atoms with Crippen LogP contribution in [0.1, 0.15) is 47.1 Å². The van der Waals surface area contributed by atoms with E-state index >= 15 is 0 Å². The van der Waals surface area contributed by atoms with Crippen LogP contribution in [0, 0.1) is 6.92 Å². The van der Waals surface area contributed by atoms with E-state index in [1.807, 2.05) is 41.5 Å². The fourth-order valence-corrected chi connectivity index (χ4v) is 1.75. The molecule has 0 radical (unpaired) electrons. The lowest BCUT2D eigenvalue weighted by Gasteiger charge is -2.28. The number of nitrogens with zero attached hydrogens (tertiary/aromatic N) is 2. The maximum absolute atomic E-state index is 12.4. The molecule has 1 rings (SSSR count). The largest absolute Gasteiger partial charge is 0.331 e. The van der Waals surface area contributed by atoms with Crippen molar-refractivity contribution in [1.29, 1.82) is 0 Å². The maximum atomic E-state index is 12.4. The Morgan fingerprint density at radius 2 is 1.41 bits per heavy atom. The molecule has 0 bridgehead atoms. The van der Waals surface area contributed by atoms with E-state index in [4.69, 9.17) is 0 Å². The van der Waals surface area contributed by atoms with E-state index in [0.717, 1.165) is 0 Å². The summed E-state index contributed by atoms with van der Waals surface area (Å²) in [5, 5.41) is 0. The molecule has 0 aromatic carbocycles. The van der Waals surface area contributed by atoms with Crippen LogP contribution in [-0.4, -0.2) is 9.13 Å². The van der Waals surface area contributed by atoms with Crippen LogP contribution in [0.2, 0.25) is 0 Å². The van der Waals surface area contributed by atoms with E-state index < -0.39 is 5.54 Å². The van der Waals surface area contributed by atoms with E-state index in [1.165, 1.54) is 4.57 Å². The molecule has 0 spiro atoms. The van der Waals surface area contributed by atoms with Gasteiger partial charge >= 0.3 is 5.69 Å². The molecule has 0 N–H and O–H groups in total. The maximum Gasteiger partial charge on any atom is 0.331 e. The molecule has 1 aromatic heterocycles. The minimum Gasteiger partial charge on any atom is -0.295 e. The number of rotatable bonds is 0. The average Bonchev–Trinajstić information content (AvgIpc) is 2.07. The zero-order chi connectivity index (χ0) is 13.6. The highest BCUT2D eigenvalue weighted by Gasteiger charge is 2.24. The summed E-state index contributed by atoms with van der Waals surface area (Å²) in [5.74, 6) is 0. The average molecular weight is 238 g/mol. The molecule has 4 heteroatoms. The number of aromatic nitrogens is 2. The first-order valence-electron chi connectivity index (χ1n) is 5.82. The van der Waals surface area contributed by atoms with Crippen molar-refractivity contribution in [3.63, 3.8) is 0 Å². The van der Waals surface area contributed by atoms with Crippen LogP contribution < -0.4 is 11.2 Å². The summed E-state index contributed by atoms with van der Waals surface area (Å²) < 4.78 is 2.95. The van der Waals surface area contributed by atoms with Gasteiger partial charge in [-0.05, 0) is 48.5 Å². The lowest BCUT2D eigenvalue weighted by Crippen LogP contribution is -2.51. The van der Waals surface area contributed by atoms with Gasteiger partial charge in [0.1, 0.15) is 0 Å². The molecule has 0 atom stereocenters. The molecular weight excluding hydrogens is 216 g/mol. The van der Waals surface area contributed by atoms with Gasteiger partial charge in [-0.2, -0.15) is 0 Å². The van der Waals surface area contributed by atoms with Crippen molar-refractivity contribution in [2.45, 2.75) is 59.5 Å². The summed E-state index contributed by atoms with van der Waals surface area (Å²) in [4.78, 5) is 24.4. The first-order chi connectivity index (χ1) is 7.46. The summed E-state index contributed by atoms with van der Waals surface area (Å²) >= 11 is 0. The molecule has 1 aromatic rings. The van der Waals surface area contributed by atoms with Gasteiger partial charge in [-0.15, -0.1) is 0 Å². The molecule has 1 heterocycles. The van der Waals surface area contributed by atoms with Gasteiger partial charge in [0.25, 0.3) is 5.56 Å². The van der Waals surface area contributed by atoms with E-state index in [1.54, 1.807) is 17.7 Å². The van der Waals surface area contributed by atoms with Gasteiger partial charge < -0.3 is 0 Å². The second kappa shape index (κ2) is 3.86. The first-order valence-corrected chi connectivity index (χ1v) is 5.82. The fourth-order valence-electron chi connectivity index (χ4n) is 1.75. The Balaban J connectivity index is 3.81. The Morgan fingerprint density at radius 3 is 1.76 bits per heavy atom. The second-order valence-electron chi connectivity index (χ2n) is 6.45. The van der Waals surface area contributed by atoms with Crippen LogP contribution in [0.25, 0.3) is 0 Å². The van der Waals surface area contributed by atoms with E-state index in [-0.39, 0.29) is 16.8 Å². The van der Waals surface area contributed by atoms with Crippen molar-refractivity contribution >= 4 is 0 Å². The van der Waals surface area contributed by atoms with E-state index in [2.05, 4.69) is 0 Å². The molecule has 0 saturated carbocycles. The number of hydrogen-bond acceptors (Lipinski definition) is 2. The van der Waals surface area contributed by atoms with Crippen molar-refractivity contribution in [1.82, 2.24) is 9.13 Å². The van der Waals surface area contributed by atoms with Gasteiger partial charge in [0.2, 0.25) is 0 Å². The smallest absolute Gasteiger partial charge is 0.295 e. The molecule has 0 aliphatic heterocycles. The minimum atomic E-state index is -0.507. The van der Waals surface area contributed by atoms with Gasteiger partial charge in [-0.1, -0.05) is 0 Å². The minimum absolute atomic E-state index is 0.206. The Morgan fingerprint density at radius 1 is 0.941 bits per heavy atom. The lowest BCUT2D eigenvalue weighted by molar-refractivity contribution is 0.309. The van der Waals surface area contributed by atoms with Crippen molar-refractivity contribution < 1.29 is 0 Å². The first kappa shape index (κ1) is 13.7. The Kier molecular flexibility index (Phi) is 3.12. The zero-order valence-corrected chi connectivity index (χ0v) is 11.8. The third-order valence-corrected chi connectivity index (χ3v) is 2.65. The van der Waals surface area contributed by atoms with Crippen LogP contribution in [0.5, 0.6) is 0 Å². The monoisotopic (exact) mass is 238 g/mol. The summed E-state index contributed by atoms with van der Waals surface area (Å²) in [5.41, 5.74) is -0.700. The summed E-state index contributed by atoms with van der Waals surface area (Å²) in [6.07, 6.45) is 1.65. The topological polar surface area (TPSA) is 44.0 Å². The highest BCUT2D eigenvalue weighted by atomic mass is 16.2. The second-order valence-corrected chi connectivity index (χ2v) is 6.45. The summed E-state index contributed by atoms with van der Waals surface area (Å²) in [6.45, 7) is 13.2. The van der Waals surface area contributed by atoms with Crippen LogP contribution in [0.3, 0.4) is 0 Å². The summed E-state index contributed by atoms with van der Waals surface area (Å²) in [7, 11) is 0. The number of hydrogen-bond donors (Lipinski definition) is 0. The van der Waals surface area contributed by atoms with Gasteiger partial charge in [0.15, 0.2) is 0 Å². The highest BCUT2D eigenvalue weighted by Crippen LogP contribution is 2.13. The van der Waals surface area contributed by atoms with Crippen molar-refractivity contribution in [2.24, 2.45) is 0 Å². The van der Waals surface area contributed by atoms with Crippen LogP contribution in [0.15, 0.2) is 15.8 Å². The molecule has 0 aliphatic carbocycles. The third-order valence-electron chi connectivity index (χ3n) is 2.65. The van der Waals surface area contributed by atoms with Gasteiger partial charge in [0.05, 0.1) is 0 Å². The number of aryl methyl sites for hydroxylation is 1. The van der Waals surface area contributed by atoms with Gasteiger partial charge in [0, 0.05) is 22.8 Å². The Bertz CT molecular complexity index is 536. The van der Waals surface area contributed by atoms with Gasteiger partial charge in [-0.3, -0.25) is 13.9 Å². The zero-order valence-electron chi connectivity index (χ0n) is 11.8. The predicted octanol–water partition coefficient (Wildman–Crippen LogP) is 1.83. The van der Waals surface area contributed by atoms with Crippen molar-refractivity contribution in [2.75, 3.05) is 0 Å². The SMILES string of the molecule is Cc1cn(C(C)(C)C)c(=O)n(C(C)(C)C)c1=O. The Labute approximate surface area is 102 Å². The normalized spacial score (nSPS) is 12.9. The molecule has 0 unspecified atom stereocenters. The molecule has 0 amide bonds. The summed E-state index contributed by atoms with van der Waals surface area (Å²) in [6, 6.07) is 0. The lowest BCUT2D eigenvalue weighted by atomic mass is 10.1. The van der Waals surface area contributed by atoms with E-state index in [0.29, 0.717) is 5.56 Å². The molecule has 0 saturated heterocycles. The highest BCUT2D eigenvalue weighted by molar-refractivity contribution is 5.06. The predicted molar refractivity (Wildman–Crippen MR) is 69.7 cm³/mol. The quantitative estimate of drug-likeness (QED) is 0.692. The van der Waals surface area contributed by atoms with Crippen LogP contribution in [-0.2, 0) is 11.1 Å². The molecule has 4 nitrogen and oxygen atoms in total. The molecule has 0 fully saturated rings. The standard InChI is InChI=1S/C13H22N2O2/c1-9-8-14(12(2,3)4)11(17)15(10(9)16)13(5,6)7/h8H,1-7H3. The molecular formula is C13H22N2O2. The molecule has 0 aliphatic rings. The van der Waals surface area contributed by atoms with Crippen molar-refractivity contribution in [3.8, 4) is 0 Å².